The van der Waals surface area contributed by atoms with E-state index in [2.05, 4.69) is 25.1 Å². The SMILES string of the molecule is CCOCCC[C@@H]1CCc2cc([C@H]3CC[C@@](N)(CO)C3)ccc2C1. The molecule has 0 amide bonds. The molecule has 0 unspecified atom stereocenters. The number of rotatable bonds is 7. The van der Waals surface area contributed by atoms with E-state index in [1.54, 1.807) is 11.1 Å². The molecule has 3 atom stereocenters. The molecule has 2 aliphatic carbocycles. The van der Waals surface area contributed by atoms with Crippen molar-refractivity contribution in [2.75, 3.05) is 19.8 Å². The topological polar surface area (TPSA) is 55.5 Å². The first kappa shape index (κ1) is 17.9. The molecular formula is C21H33NO2. The van der Waals surface area contributed by atoms with Crippen LogP contribution in [0.2, 0.25) is 0 Å². The van der Waals surface area contributed by atoms with Crippen LogP contribution in [0, 0.1) is 5.92 Å². The van der Waals surface area contributed by atoms with E-state index < -0.39 is 0 Å². The van der Waals surface area contributed by atoms with Crippen molar-refractivity contribution < 1.29 is 9.84 Å². The predicted molar refractivity (Wildman–Crippen MR) is 98.3 cm³/mol. The van der Waals surface area contributed by atoms with Gasteiger partial charge in [-0.05, 0) is 86.8 Å². The van der Waals surface area contributed by atoms with Gasteiger partial charge in [0.25, 0.3) is 0 Å². The second kappa shape index (κ2) is 7.99. The molecule has 0 radical (unpaired) electrons. The maximum atomic E-state index is 9.48. The highest BCUT2D eigenvalue weighted by Gasteiger charge is 2.36. The second-order valence-corrected chi connectivity index (χ2v) is 7.94. The van der Waals surface area contributed by atoms with Crippen molar-refractivity contribution in [1.29, 1.82) is 0 Å². The molecule has 0 spiro atoms. The first-order valence-corrected chi connectivity index (χ1v) is 9.73. The van der Waals surface area contributed by atoms with Crippen LogP contribution in [0.5, 0.6) is 0 Å². The van der Waals surface area contributed by atoms with Crippen LogP contribution in [0.3, 0.4) is 0 Å². The van der Waals surface area contributed by atoms with Crippen LogP contribution in [0.1, 0.15) is 68.1 Å². The van der Waals surface area contributed by atoms with Gasteiger partial charge in [-0.25, -0.2) is 0 Å². The van der Waals surface area contributed by atoms with Crippen molar-refractivity contribution in [3.8, 4) is 0 Å². The van der Waals surface area contributed by atoms with Gasteiger partial charge in [0, 0.05) is 18.8 Å². The number of nitrogens with two attached hydrogens (primary N) is 1. The number of hydrogen-bond acceptors (Lipinski definition) is 3. The van der Waals surface area contributed by atoms with Gasteiger partial charge < -0.3 is 15.6 Å². The lowest BCUT2D eigenvalue weighted by Gasteiger charge is -2.26. The summed E-state index contributed by atoms with van der Waals surface area (Å²) in [5.41, 5.74) is 10.4. The lowest BCUT2D eigenvalue weighted by Crippen LogP contribution is -2.40. The van der Waals surface area contributed by atoms with E-state index in [-0.39, 0.29) is 12.1 Å². The summed E-state index contributed by atoms with van der Waals surface area (Å²) in [5.74, 6) is 1.35. The molecular weight excluding hydrogens is 298 g/mol. The third kappa shape index (κ3) is 4.19. The van der Waals surface area contributed by atoms with Crippen LogP contribution in [-0.4, -0.2) is 30.5 Å². The standard InChI is InChI=1S/C21H33NO2/c1-2-24-11-3-4-16-5-6-18-13-19(8-7-17(18)12-16)20-9-10-21(22,14-20)15-23/h7-8,13,16,20,23H,2-6,9-12,14-15,22H2,1H3/t16-,20+,21+/m1/s1. The van der Waals surface area contributed by atoms with E-state index in [1.165, 1.54) is 37.7 Å². The largest absolute Gasteiger partial charge is 0.394 e. The van der Waals surface area contributed by atoms with Crippen molar-refractivity contribution in [3.63, 3.8) is 0 Å². The number of ether oxygens (including phenoxy) is 1. The average Bonchev–Trinajstić information content (AvgIpc) is 3.01. The Morgan fingerprint density at radius 1 is 1.29 bits per heavy atom. The normalized spacial score (nSPS) is 29.6. The van der Waals surface area contributed by atoms with Gasteiger partial charge in [-0.3, -0.25) is 0 Å². The van der Waals surface area contributed by atoms with Gasteiger partial charge in [-0.2, -0.15) is 0 Å². The molecule has 2 aliphatic rings. The van der Waals surface area contributed by atoms with Gasteiger partial charge in [-0.15, -0.1) is 0 Å². The molecule has 1 aromatic rings. The van der Waals surface area contributed by atoms with E-state index in [4.69, 9.17) is 10.5 Å². The fourth-order valence-electron chi connectivity index (χ4n) is 4.55. The molecule has 3 nitrogen and oxygen atoms in total. The van der Waals surface area contributed by atoms with E-state index in [1.807, 2.05) is 0 Å². The fourth-order valence-corrected chi connectivity index (χ4v) is 4.55. The summed E-state index contributed by atoms with van der Waals surface area (Å²) >= 11 is 0. The first-order valence-electron chi connectivity index (χ1n) is 9.73. The van der Waals surface area contributed by atoms with Gasteiger partial charge in [0.15, 0.2) is 0 Å². The Labute approximate surface area is 146 Å². The molecule has 1 fully saturated rings. The maximum Gasteiger partial charge on any atom is 0.0611 e. The van der Waals surface area contributed by atoms with Crippen LogP contribution < -0.4 is 5.73 Å². The molecule has 134 valence electrons. The van der Waals surface area contributed by atoms with Crippen LogP contribution >= 0.6 is 0 Å². The molecule has 1 saturated carbocycles. The quantitative estimate of drug-likeness (QED) is 0.751. The molecule has 0 aromatic heterocycles. The highest BCUT2D eigenvalue weighted by Crippen LogP contribution is 2.40. The van der Waals surface area contributed by atoms with Gasteiger partial charge >= 0.3 is 0 Å². The van der Waals surface area contributed by atoms with Crippen molar-refractivity contribution >= 4 is 0 Å². The Balaban J connectivity index is 1.58. The molecule has 0 aliphatic heterocycles. The molecule has 3 N–H and O–H groups in total. The minimum atomic E-state index is -0.355. The molecule has 3 heteroatoms. The molecule has 1 aromatic carbocycles. The summed E-state index contributed by atoms with van der Waals surface area (Å²) < 4.78 is 5.46. The van der Waals surface area contributed by atoms with Gasteiger partial charge in [-0.1, -0.05) is 18.2 Å². The summed E-state index contributed by atoms with van der Waals surface area (Å²) in [6.07, 6.45) is 9.19. The molecule has 24 heavy (non-hydrogen) atoms. The number of aliphatic hydroxyl groups excluding tert-OH is 1. The van der Waals surface area contributed by atoms with Crippen molar-refractivity contribution in [1.82, 2.24) is 0 Å². The van der Waals surface area contributed by atoms with Crippen LogP contribution in [0.25, 0.3) is 0 Å². The van der Waals surface area contributed by atoms with Crippen molar-refractivity contribution in [3.05, 3.63) is 34.9 Å². The number of fused-ring (bicyclic) bond motifs is 1. The van der Waals surface area contributed by atoms with Crippen molar-refractivity contribution in [2.24, 2.45) is 11.7 Å². The predicted octanol–water partition coefficient (Wildman–Crippen LogP) is 3.57. The zero-order chi connectivity index (χ0) is 17.0. The zero-order valence-corrected chi connectivity index (χ0v) is 15.1. The first-order chi connectivity index (χ1) is 11.6. The van der Waals surface area contributed by atoms with Crippen molar-refractivity contribution in [2.45, 2.75) is 69.7 Å². The molecule has 0 bridgehead atoms. The second-order valence-electron chi connectivity index (χ2n) is 7.94. The third-order valence-corrected chi connectivity index (χ3v) is 6.10. The van der Waals surface area contributed by atoms with E-state index in [0.717, 1.165) is 38.4 Å². The minimum absolute atomic E-state index is 0.109. The molecule has 3 rings (SSSR count). The smallest absolute Gasteiger partial charge is 0.0611 e. The Morgan fingerprint density at radius 3 is 2.92 bits per heavy atom. The monoisotopic (exact) mass is 331 g/mol. The lowest BCUT2D eigenvalue weighted by atomic mass is 9.80. The van der Waals surface area contributed by atoms with E-state index in [9.17, 15) is 5.11 Å². The number of aryl methyl sites for hydroxylation is 1. The Kier molecular flexibility index (Phi) is 5.96. The number of hydrogen-bond donors (Lipinski definition) is 2. The summed E-state index contributed by atoms with van der Waals surface area (Å²) in [7, 11) is 0. The van der Waals surface area contributed by atoms with Crippen LogP contribution in [-0.2, 0) is 17.6 Å². The Hall–Kier alpha value is -0.900. The zero-order valence-electron chi connectivity index (χ0n) is 15.1. The van der Waals surface area contributed by atoms with Crippen LogP contribution in [0.4, 0.5) is 0 Å². The number of benzene rings is 1. The molecule has 0 heterocycles. The number of aliphatic hydroxyl groups is 1. The van der Waals surface area contributed by atoms with E-state index in [0.29, 0.717) is 5.92 Å². The van der Waals surface area contributed by atoms with E-state index >= 15 is 0 Å². The highest BCUT2D eigenvalue weighted by molar-refractivity contribution is 5.36. The third-order valence-electron chi connectivity index (χ3n) is 6.10. The summed E-state index contributed by atoms with van der Waals surface area (Å²) in [4.78, 5) is 0. The van der Waals surface area contributed by atoms with Gasteiger partial charge in [0.1, 0.15) is 0 Å². The Morgan fingerprint density at radius 2 is 2.17 bits per heavy atom. The van der Waals surface area contributed by atoms with Gasteiger partial charge in [0.05, 0.1) is 6.61 Å². The fraction of sp³-hybridized carbons (Fsp3) is 0.714. The summed E-state index contributed by atoms with van der Waals surface area (Å²) in [5, 5.41) is 9.48. The van der Waals surface area contributed by atoms with Crippen LogP contribution in [0.15, 0.2) is 18.2 Å². The minimum Gasteiger partial charge on any atom is -0.394 e. The Bertz CT molecular complexity index is 545. The van der Waals surface area contributed by atoms with Gasteiger partial charge in [0.2, 0.25) is 0 Å². The average molecular weight is 332 g/mol. The molecule has 0 saturated heterocycles. The maximum absolute atomic E-state index is 9.48. The highest BCUT2D eigenvalue weighted by atomic mass is 16.5. The summed E-state index contributed by atoms with van der Waals surface area (Å²) in [6.45, 7) is 3.91. The summed E-state index contributed by atoms with van der Waals surface area (Å²) in [6, 6.07) is 7.10. The lowest BCUT2D eigenvalue weighted by molar-refractivity contribution is 0.138.